The van der Waals surface area contributed by atoms with Crippen LogP contribution in [0.4, 0.5) is 0 Å². The van der Waals surface area contributed by atoms with Crippen LogP contribution in [0.25, 0.3) is 0 Å². The van der Waals surface area contributed by atoms with Gasteiger partial charge in [-0.25, -0.2) is 0 Å². The minimum atomic E-state index is 0. The molecule has 1 unspecified atom stereocenters. The van der Waals surface area contributed by atoms with E-state index in [4.69, 9.17) is 18.9 Å². The zero-order chi connectivity index (χ0) is 18.8. The molecule has 8 heteroatoms. The summed E-state index contributed by atoms with van der Waals surface area (Å²) in [4.78, 5) is 6.70. The third-order valence-corrected chi connectivity index (χ3v) is 4.51. The number of halogens is 1. The van der Waals surface area contributed by atoms with Gasteiger partial charge in [-0.3, -0.25) is 4.99 Å². The van der Waals surface area contributed by atoms with Crippen LogP contribution in [0.3, 0.4) is 0 Å². The summed E-state index contributed by atoms with van der Waals surface area (Å²) in [5.41, 5.74) is 1.06. The van der Waals surface area contributed by atoms with Crippen LogP contribution in [-0.2, 0) is 16.0 Å². The average Bonchev–Trinajstić information content (AvgIpc) is 3.14. The fourth-order valence-electron chi connectivity index (χ4n) is 3.06. The number of aliphatic imine (C=N–C) groups is 1. The van der Waals surface area contributed by atoms with Crippen molar-refractivity contribution in [1.29, 1.82) is 0 Å². The molecule has 1 aromatic rings. The molecule has 1 fully saturated rings. The van der Waals surface area contributed by atoms with E-state index in [1.807, 2.05) is 25.2 Å². The molecule has 7 nitrogen and oxygen atoms in total. The molecule has 1 saturated heterocycles. The second kappa shape index (κ2) is 13.0. The molecule has 0 amide bonds. The molecule has 1 heterocycles. The molecule has 27 heavy (non-hydrogen) atoms. The first-order valence-electron chi connectivity index (χ1n) is 8.95. The van der Waals surface area contributed by atoms with Crippen LogP contribution >= 0.6 is 24.0 Å². The summed E-state index contributed by atoms with van der Waals surface area (Å²) in [7, 11) is 6.82. The summed E-state index contributed by atoms with van der Waals surface area (Å²) in [5.74, 6) is 3.02. The molecule has 1 aromatic carbocycles. The van der Waals surface area contributed by atoms with Crippen molar-refractivity contribution in [3.8, 4) is 11.5 Å². The van der Waals surface area contributed by atoms with Crippen LogP contribution in [0.5, 0.6) is 11.5 Å². The molecule has 0 saturated carbocycles. The van der Waals surface area contributed by atoms with Gasteiger partial charge in [0.15, 0.2) is 5.96 Å². The molecular formula is C19H32IN3O4. The highest BCUT2D eigenvalue weighted by Gasteiger charge is 2.25. The molecule has 1 aliphatic heterocycles. The van der Waals surface area contributed by atoms with Gasteiger partial charge in [-0.1, -0.05) is 0 Å². The van der Waals surface area contributed by atoms with Crippen molar-refractivity contribution >= 4 is 29.9 Å². The van der Waals surface area contributed by atoms with E-state index in [9.17, 15) is 0 Å². The van der Waals surface area contributed by atoms with E-state index in [1.165, 1.54) is 0 Å². The van der Waals surface area contributed by atoms with Gasteiger partial charge in [0.1, 0.15) is 11.5 Å². The van der Waals surface area contributed by atoms with Crippen molar-refractivity contribution in [3.63, 3.8) is 0 Å². The summed E-state index contributed by atoms with van der Waals surface area (Å²) in [6, 6.07) is 5.84. The van der Waals surface area contributed by atoms with Crippen LogP contribution < -0.4 is 14.8 Å². The normalized spacial score (nSPS) is 16.8. The van der Waals surface area contributed by atoms with Gasteiger partial charge < -0.3 is 29.2 Å². The van der Waals surface area contributed by atoms with Crippen molar-refractivity contribution in [2.24, 2.45) is 10.9 Å². The number of ether oxygens (including phenoxy) is 4. The molecule has 1 N–H and O–H groups in total. The molecule has 0 radical (unpaired) electrons. The molecule has 0 aliphatic carbocycles. The van der Waals surface area contributed by atoms with E-state index in [0.717, 1.165) is 49.1 Å². The Morgan fingerprint density at radius 3 is 2.70 bits per heavy atom. The Labute approximate surface area is 179 Å². The number of guanidine groups is 1. The fraction of sp³-hybridized carbons (Fsp3) is 0.632. The number of hydrogen-bond acceptors (Lipinski definition) is 5. The summed E-state index contributed by atoms with van der Waals surface area (Å²) in [6.45, 7) is 4.64. The van der Waals surface area contributed by atoms with Gasteiger partial charge in [-0.15, -0.1) is 24.0 Å². The number of nitrogens with one attached hydrogen (secondary N) is 1. The van der Waals surface area contributed by atoms with Gasteiger partial charge in [0.25, 0.3) is 0 Å². The third kappa shape index (κ3) is 7.34. The minimum absolute atomic E-state index is 0. The Bertz CT molecular complexity index is 586. The molecular weight excluding hydrogens is 461 g/mol. The summed E-state index contributed by atoms with van der Waals surface area (Å²) >= 11 is 0. The van der Waals surface area contributed by atoms with E-state index < -0.39 is 0 Å². The number of benzene rings is 1. The van der Waals surface area contributed by atoms with Crippen molar-refractivity contribution in [3.05, 3.63) is 23.8 Å². The lowest BCUT2D eigenvalue weighted by molar-refractivity contribution is 0.0536. The lowest BCUT2D eigenvalue weighted by Gasteiger charge is -2.22. The highest BCUT2D eigenvalue weighted by Crippen LogP contribution is 2.24. The van der Waals surface area contributed by atoms with Gasteiger partial charge in [0.05, 0.1) is 34.0 Å². The van der Waals surface area contributed by atoms with Crippen molar-refractivity contribution in [2.45, 2.75) is 13.0 Å². The van der Waals surface area contributed by atoms with Gasteiger partial charge in [-0.2, -0.15) is 0 Å². The molecule has 0 aromatic heterocycles. The van der Waals surface area contributed by atoms with Crippen LogP contribution in [0.1, 0.15) is 12.0 Å². The number of nitrogens with zero attached hydrogens (tertiary/aromatic N) is 2. The second-order valence-electron chi connectivity index (χ2n) is 6.25. The van der Waals surface area contributed by atoms with Gasteiger partial charge in [0.2, 0.25) is 0 Å². The van der Waals surface area contributed by atoms with E-state index in [2.05, 4.69) is 15.2 Å². The lowest BCUT2D eigenvalue weighted by Crippen LogP contribution is -2.39. The Morgan fingerprint density at radius 2 is 2.04 bits per heavy atom. The van der Waals surface area contributed by atoms with E-state index in [1.54, 1.807) is 21.3 Å². The van der Waals surface area contributed by atoms with E-state index >= 15 is 0 Å². The van der Waals surface area contributed by atoms with Crippen molar-refractivity contribution in [2.75, 3.05) is 61.3 Å². The standard InChI is InChI=1S/C19H31N3O4.HI/c1-20-19(22-8-7-15(13-22)14-26-10-9-23-2)21-12-16-5-6-17(24-3)11-18(16)25-4;/h5-6,11,15H,7-10,12-14H2,1-4H3,(H,20,21);1H. The predicted octanol–water partition coefficient (Wildman–Crippen LogP) is 2.38. The molecule has 1 aliphatic rings. The van der Waals surface area contributed by atoms with Gasteiger partial charge in [-0.05, 0) is 18.6 Å². The summed E-state index contributed by atoms with van der Waals surface area (Å²) in [6.07, 6.45) is 1.11. The SMILES string of the molecule is CN=C(NCc1ccc(OC)cc1OC)N1CCC(COCCOC)C1.I. The zero-order valence-electron chi connectivity index (χ0n) is 16.7. The van der Waals surface area contributed by atoms with Gasteiger partial charge >= 0.3 is 0 Å². The number of hydrogen-bond donors (Lipinski definition) is 1. The molecule has 1 atom stereocenters. The topological polar surface area (TPSA) is 64.6 Å². The first-order valence-corrected chi connectivity index (χ1v) is 8.95. The predicted molar refractivity (Wildman–Crippen MR) is 118 cm³/mol. The van der Waals surface area contributed by atoms with Gasteiger partial charge in [0, 0.05) is 51.3 Å². The maximum atomic E-state index is 5.66. The number of methoxy groups -OCH3 is 3. The Balaban J connectivity index is 0.00000364. The monoisotopic (exact) mass is 493 g/mol. The zero-order valence-corrected chi connectivity index (χ0v) is 19.0. The maximum Gasteiger partial charge on any atom is 0.193 e. The Hall–Kier alpha value is -1.26. The van der Waals surface area contributed by atoms with Crippen molar-refractivity contribution in [1.82, 2.24) is 10.2 Å². The Kier molecular flexibility index (Phi) is 11.5. The van der Waals surface area contributed by atoms with Crippen LogP contribution in [0, 0.1) is 5.92 Å². The maximum absolute atomic E-state index is 5.66. The highest BCUT2D eigenvalue weighted by molar-refractivity contribution is 14.0. The molecule has 2 rings (SSSR count). The summed E-state index contributed by atoms with van der Waals surface area (Å²) in [5, 5.41) is 3.43. The summed E-state index contributed by atoms with van der Waals surface area (Å²) < 4.78 is 21.4. The third-order valence-electron chi connectivity index (χ3n) is 4.51. The highest BCUT2D eigenvalue weighted by atomic mass is 127. The molecule has 0 bridgehead atoms. The molecule has 0 spiro atoms. The quantitative estimate of drug-likeness (QED) is 0.247. The van der Waals surface area contributed by atoms with Crippen LogP contribution in [0.2, 0.25) is 0 Å². The minimum Gasteiger partial charge on any atom is -0.497 e. The smallest absolute Gasteiger partial charge is 0.193 e. The fourth-order valence-corrected chi connectivity index (χ4v) is 3.06. The second-order valence-corrected chi connectivity index (χ2v) is 6.25. The van der Waals surface area contributed by atoms with Crippen LogP contribution in [0.15, 0.2) is 23.2 Å². The number of rotatable bonds is 9. The van der Waals surface area contributed by atoms with E-state index in [0.29, 0.717) is 25.7 Å². The Morgan fingerprint density at radius 1 is 1.22 bits per heavy atom. The molecule has 154 valence electrons. The number of likely N-dealkylation sites (tertiary alicyclic amines) is 1. The lowest BCUT2D eigenvalue weighted by atomic mass is 10.1. The largest absolute Gasteiger partial charge is 0.497 e. The van der Waals surface area contributed by atoms with Crippen LogP contribution in [-0.4, -0.2) is 72.1 Å². The van der Waals surface area contributed by atoms with E-state index in [-0.39, 0.29) is 24.0 Å². The van der Waals surface area contributed by atoms with Crippen molar-refractivity contribution < 1.29 is 18.9 Å². The average molecular weight is 493 g/mol. The first kappa shape index (κ1) is 23.8. The first-order chi connectivity index (χ1) is 12.7.